The van der Waals surface area contributed by atoms with Crippen LogP contribution in [0.25, 0.3) is 0 Å². The Balaban J connectivity index is 1.67. The minimum absolute atomic E-state index is 0.139. The number of pyridine rings is 1. The molecule has 29 heavy (non-hydrogen) atoms. The van der Waals surface area contributed by atoms with Crippen LogP contribution in [-0.4, -0.2) is 23.3 Å². The number of ether oxygens (including phenoxy) is 1. The summed E-state index contributed by atoms with van der Waals surface area (Å²) in [5, 5.41) is 2.96. The maximum Gasteiger partial charge on any atom is 0.264 e. The van der Waals surface area contributed by atoms with E-state index in [2.05, 4.69) is 10.3 Å². The number of nitrogens with zero attached hydrogens (tertiary/aromatic N) is 2. The number of hydrogen-bond acceptors (Lipinski definition) is 4. The molecule has 0 radical (unpaired) electrons. The van der Waals surface area contributed by atoms with E-state index in [0.717, 1.165) is 22.4 Å². The summed E-state index contributed by atoms with van der Waals surface area (Å²) in [7, 11) is 0. The number of benzene rings is 2. The van der Waals surface area contributed by atoms with Crippen LogP contribution in [0.1, 0.15) is 27.0 Å². The van der Waals surface area contributed by atoms with Crippen molar-refractivity contribution < 1.29 is 14.3 Å². The van der Waals surface area contributed by atoms with Crippen LogP contribution in [0.4, 0.5) is 11.4 Å². The number of amides is 2. The zero-order chi connectivity index (χ0) is 20.5. The first-order chi connectivity index (χ1) is 13.9. The fourth-order valence-corrected chi connectivity index (χ4v) is 3.62. The summed E-state index contributed by atoms with van der Waals surface area (Å²) in [4.78, 5) is 31.7. The fraction of sp³-hybridized carbons (Fsp3) is 0.174. The van der Waals surface area contributed by atoms with E-state index < -0.39 is 0 Å². The molecule has 0 aliphatic carbocycles. The first kappa shape index (κ1) is 18.7. The van der Waals surface area contributed by atoms with E-state index >= 15 is 0 Å². The first-order valence-corrected chi connectivity index (χ1v) is 9.35. The number of hydrogen-bond donors (Lipinski definition) is 1. The van der Waals surface area contributed by atoms with Crippen molar-refractivity contribution >= 4 is 23.2 Å². The van der Waals surface area contributed by atoms with Crippen molar-refractivity contribution in [3.63, 3.8) is 0 Å². The molecule has 0 spiro atoms. The predicted molar refractivity (Wildman–Crippen MR) is 112 cm³/mol. The van der Waals surface area contributed by atoms with E-state index in [4.69, 9.17) is 4.74 Å². The lowest BCUT2D eigenvalue weighted by atomic mass is 10.1. The highest BCUT2D eigenvalue weighted by molar-refractivity contribution is 6.12. The maximum atomic E-state index is 13.2. The second-order valence-corrected chi connectivity index (χ2v) is 7.14. The summed E-state index contributed by atoms with van der Waals surface area (Å²) < 4.78 is 5.85. The third-order valence-electron chi connectivity index (χ3n) is 4.85. The highest BCUT2D eigenvalue weighted by Crippen LogP contribution is 2.37. The van der Waals surface area contributed by atoms with E-state index in [-0.39, 0.29) is 24.2 Å². The fourth-order valence-electron chi connectivity index (χ4n) is 3.62. The molecular formula is C23H21N3O3. The smallest absolute Gasteiger partial charge is 0.264 e. The molecule has 0 unspecified atom stereocenters. The van der Waals surface area contributed by atoms with Gasteiger partial charge in [-0.25, -0.2) is 4.98 Å². The molecule has 0 atom stereocenters. The lowest BCUT2D eigenvalue weighted by molar-refractivity contribution is -0.114. The number of aryl methyl sites for hydroxylation is 3. The Morgan fingerprint density at radius 1 is 1.07 bits per heavy atom. The Hall–Kier alpha value is -3.67. The first-order valence-electron chi connectivity index (χ1n) is 9.35. The largest absolute Gasteiger partial charge is 0.436 e. The molecule has 0 saturated carbocycles. The predicted octanol–water partition coefficient (Wildman–Crippen LogP) is 4.40. The lowest BCUT2D eigenvalue weighted by Gasteiger charge is -2.22. The van der Waals surface area contributed by atoms with Gasteiger partial charge < -0.3 is 10.1 Å². The van der Waals surface area contributed by atoms with E-state index in [1.807, 2.05) is 39.0 Å². The number of para-hydroxylation sites is 2. The summed E-state index contributed by atoms with van der Waals surface area (Å²) >= 11 is 0. The van der Waals surface area contributed by atoms with E-state index in [9.17, 15) is 9.59 Å². The van der Waals surface area contributed by atoms with Crippen LogP contribution >= 0.6 is 0 Å². The Bertz CT molecular complexity index is 1100. The van der Waals surface area contributed by atoms with Gasteiger partial charge >= 0.3 is 0 Å². The van der Waals surface area contributed by atoms with Gasteiger partial charge in [0, 0.05) is 11.9 Å². The molecule has 4 rings (SSSR count). The summed E-state index contributed by atoms with van der Waals surface area (Å²) in [6.45, 7) is 5.79. The molecule has 1 N–H and O–H groups in total. The second-order valence-electron chi connectivity index (χ2n) is 7.14. The van der Waals surface area contributed by atoms with Crippen molar-refractivity contribution in [2.24, 2.45) is 0 Å². The van der Waals surface area contributed by atoms with Crippen molar-refractivity contribution in [1.82, 2.24) is 4.98 Å². The molecule has 0 fully saturated rings. The molecule has 146 valence electrons. The molecule has 0 saturated heterocycles. The molecule has 6 heteroatoms. The number of anilines is 2. The Labute approximate surface area is 169 Å². The summed E-state index contributed by atoms with van der Waals surface area (Å²) in [6.07, 6.45) is 1.57. The lowest BCUT2D eigenvalue weighted by Crippen LogP contribution is -2.38. The van der Waals surface area contributed by atoms with Gasteiger partial charge in [-0.2, -0.15) is 0 Å². The highest BCUT2D eigenvalue weighted by Gasteiger charge is 2.30. The van der Waals surface area contributed by atoms with Crippen LogP contribution in [-0.2, 0) is 4.79 Å². The highest BCUT2D eigenvalue weighted by atomic mass is 16.5. The molecule has 1 aromatic heterocycles. The molecule has 2 amide bonds. The van der Waals surface area contributed by atoms with Crippen LogP contribution in [0.15, 0.2) is 54.7 Å². The number of aromatic nitrogens is 1. The van der Waals surface area contributed by atoms with Crippen molar-refractivity contribution in [2.75, 3.05) is 16.8 Å². The van der Waals surface area contributed by atoms with Crippen LogP contribution in [0, 0.1) is 20.8 Å². The maximum absolute atomic E-state index is 13.2. The van der Waals surface area contributed by atoms with E-state index in [0.29, 0.717) is 17.0 Å². The molecule has 0 bridgehead atoms. The number of carbonyl (C=O) groups is 2. The van der Waals surface area contributed by atoms with E-state index in [1.165, 1.54) is 4.90 Å². The van der Waals surface area contributed by atoms with E-state index in [1.54, 1.807) is 36.5 Å². The Morgan fingerprint density at radius 3 is 2.55 bits per heavy atom. The molecular weight excluding hydrogens is 366 g/mol. The van der Waals surface area contributed by atoms with Gasteiger partial charge in [0.1, 0.15) is 12.1 Å². The molecule has 1 aliphatic heterocycles. The van der Waals surface area contributed by atoms with Crippen molar-refractivity contribution in [1.29, 1.82) is 0 Å². The standard InChI is InChI=1S/C23H21N3O3/c1-14-11-15(2)21(16(3)12-14)25-20(27)13-26-18-8-4-5-9-19(18)29-22-17(23(26)28)7-6-10-24-22/h4-12H,13H2,1-3H3,(H,25,27). The third-order valence-corrected chi connectivity index (χ3v) is 4.85. The van der Waals surface area contributed by atoms with Crippen LogP contribution in [0.5, 0.6) is 11.6 Å². The minimum Gasteiger partial charge on any atom is -0.436 e. The Morgan fingerprint density at radius 2 is 1.79 bits per heavy atom. The number of carbonyl (C=O) groups excluding carboxylic acids is 2. The summed E-state index contributed by atoms with van der Waals surface area (Å²) in [5.41, 5.74) is 4.72. The van der Waals surface area contributed by atoms with Crippen molar-refractivity contribution in [3.05, 3.63) is 77.0 Å². The van der Waals surface area contributed by atoms with Gasteiger partial charge in [-0.3, -0.25) is 14.5 Å². The van der Waals surface area contributed by atoms with Gasteiger partial charge in [0.15, 0.2) is 5.75 Å². The monoisotopic (exact) mass is 387 g/mol. The van der Waals surface area contributed by atoms with Gasteiger partial charge in [0.05, 0.1) is 5.69 Å². The number of rotatable bonds is 3. The number of fused-ring (bicyclic) bond motifs is 2. The van der Waals surface area contributed by atoms with Crippen molar-refractivity contribution in [2.45, 2.75) is 20.8 Å². The molecule has 2 heterocycles. The zero-order valence-electron chi connectivity index (χ0n) is 16.5. The summed E-state index contributed by atoms with van der Waals surface area (Å²) in [5.74, 6) is 0.105. The zero-order valence-corrected chi connectivity index (χ0v) is 16.5. The average Bonchev–Trinajstić information content (AvgIpc) is 2.80. The average molecular weight is 387 g/mol. The second kappa shape index (κ2) is 7.39. The van der Waals surface area contributed by atoms with Crippen LogP contribution in [0.2, 0.25) is 0 Å². The minimum atomic E-state index is -0.328. The van der Waals surface area contributed by atoms with Gasteiger partial charge in [-0.1, -0.05) is 29.8 Å². The van der Waals surface area contributed by atoms with Crippen molar-refractivity contribution in [3.8, 4) is 11.6 Å². The Kier molecular flexibility index (Phi) is 4.76. The molecule has 6 nitrogen and oxygen atoms in total. The third kappa shape index (κ3) is 3.57. The van der Waals surface area contributed by atoms with Crippen LogP contribution in [0.3, 0.4) is 0 Å². The van der Waals surface area contributed by atoms with Gasteiger partial charge in [-0.05, 0) is 56.2 Å². The normalized spacial score (nSPS) is 12.5. The van der Waals surface area contributed by atoms with Crippen LogP contribution < -0.4 is 15.0 Å². The molecule has 1 aliphatic rings. The van der Waals surface area contributed by atoms with Gasteiger partial charge in [0.2, 0.25) is 11.8 Å². The quantitative estimate of drug-likeness (QED) is 0.723. The number of nitrogens with one attached hydrogen (secondary N) is 1. The topological polar surface area (TPSA) is 71.5 Å². The SMILES string of the molecule is Cc1cc(C)c(NC(=O)CN2C(=O)c3cccnc3Oc3ccccc32)c(C)c1. The van der Waals surface area contributed by atoms with Gasteiger partial charge in [-0.15, -0.1) is 0 Å². The molecule has 3 aromatic rings. The summed E-state index contributed by atoms with van der Waals surface area (Å²) in [6, 6.07) is 14.5. The molecule has 2 aromatic carbocycles. The van der Waals surface area contributed by atoms with Gasteiger partial charge in [0.25, 0.3) is 5.91 Å².